The maximum absolute atomic E-state index is 10.6. The molecular formula is C5H6N4O. The maximum Gasteiger partial charge on any atom is 0.324 e. The molecule has 52 valence electrons. The second kappa shape index (κ2) is 1.73. The van der Waals surface area contributed by atoms with Crippen LogP contribution in [0.2, 0.25) is 0 Å². The maximum atomic E-state index is 10.6. The Hall–Kier alpha value is -1.52. The Morgan fingerprint density at radius 3 is 3.20 bits per heavy atom. The molecule has 0 bridgehead atoms. The van der Waals surface area contributed by atoms with Gasteiger partial charge in [-0.05, 0) is 0 Å². The molecule has 0 spiro atoms. The summed E-state index contributed by atoms with van der Waals surface area (Å²) in [6.45, 7) is 0.543. The second-order valence-electron chi connectivity index (χ2n) is 2.05. The summed E-state index contributed by atoms with van der Waals surface area (Å²) in [5.41, 5.74) is 0.621. The number of aliphatic imine (C=N–C) groups is 1. The molecule has 1 aromatic rings. The zero-order chi connectivity index (χ0) is 6.97. The lowest BCUT2D eigenvalue weighted by molar-refractivity contribution is 0.996. The normalized spacial score (nSPS) is 14.4. The quantitative estimate of drug-likeness (QED) is 0.458. The van der Waals surface area contributed by atoms with Gasteiger partial charge in [-0.15, -0.1) is 0 Å². The monoisotopic (exact) mass is 138 g/mol. The predicted molar refractivity (Wildman–Crippen MR) is 37.2 cm³/mol. The highest BCUT2D eigenvalue weighted by atomic mass is 16.1. The molecule has 0 saturated heterocycles. The first-order valence-electron chi connectivity index (χ1n) is 2.92. The van der Waals surface area contributed by atoms with Crippen molar-refractivity contribution in [3.63, 3.8) is 0 Å². The summed E-state index contributed by atoms with van der Waals surface area (Å²) < 4.78 is 0. The van der Waals surface area contributed by atoms with Crippen molar-refractivity contribution < 1.29 is 0 Å². The first kappa shape index (κ1) is 5.28. The van der Waals surface area contributed by atoms with Gasteiger partial charge in [0, 0.05) is 0 Å². The predicted octanol–water partition coefficient (Wildman–Crippen LogP) is -0.343. The number of anilines is 1. The van der Waals surface area contributed by atoms with E-state index >= 15 is 0 Å². The molecule has 1 aromatic heterocycles. The number of nitrogens with one attached hydrogen (secondary N) is 3. The van der Waals surface area contributed by atoms with Crippen LogP contribution in [0.4, 0.5) is 5.82 Å². The number of aromatic nitrogens is 2. The summed E-state index contributed by atoms with van der Waals surface area (Å²) in [6.07, 6.45) is 1.56. The number of aromatic amines is 2. The number of rotatable bonds is 0. The van der Waals surface area contributed by atoms with Gasteiger partial charge in [-0.2, -0.15) is 0 Å². The summed E-state index contributed by atoms with van der Waals surface area (Å²) in [5.74, 6) is 0.722. The molecule has 2 heterocycles. The molecule has 0 saturated carbocycles. The molecule has 0 aliphatic carbocycles. The van der Waals surface area contributed by atoms with E-state index in [0.717, 1.165) is 11.5 Å². The van der Waals surface area contributed by atoms with Crippen LogP contribution < -0.4 is 11.0 Å². The highest BCUT2D eigenvalue weighted by molar-refractivity contribution is 5.76. The van der Waals surface area contributed by atoms with Gasteiger partial charge in [-0.3, -0.25) is 9.98 Å². The fourth-order valence-corrected chi connectivity index (χ4v) is 0.909. The third-order valence-corrected chi connectivity index (χ3v) is 1.35. The Labute approximate surface area is 56.2 Å². The largest absolute Gasteiger partial charge is 0.331 e. The Bertz CT molecular complexity index is 292. The van der Waals surface area contributed by atoms with E-state index in [2.05, 4.69) is 20.3 Å². The summed E-state index contributed by atoms with van der Waals surface area (Å²) in [7, 11) is 0. The van der Waals surface area contributed by atoms with Crippen LogP contribution in [-0.2, 0) is 6.54 Å². The average Bonchev–Trinajstić information content (AvgIpc) is 2.27. The first-order chi connectivity index (χ1) is 4.86. The van der Waals surface area contributed by atoms with Crippen molar-refractivity contribution >= 4 is 12.2 Å². The van der Waals surface area contributed by atoms with Crippen LogP contribution in [0.15, 0.2) is 9.79 Å². The molecular weight excluding hydrogens is 132 g/mol. The minimum Gasteiger partial charge on any atom is -0.331 e. The summed E-state index contributed by atoms with van der Waals surface area (Å²) in [5, 5.41) is 2.80. The molecule has 5 nitrogen and oxygen atoms in total. The van der Waals surface area contributed by atoms with Gasteiger partial charge >= 0.3 is 5.69 Å². The molecule has 1 aliphatic rings. The van der Waals surface area contributed by atoms with E-state index in [-0.39, 0.29) is 5.69 Å². The number of hydrogen-bond acceptors (Lipinski definition) is 3. The summed E-state index contributed by atoms with van der Waals surface area (Å²) >= 11 is 0. The SMILES string of the molecule is O=c1[nH]c2c([nH]1)NC=NC2. The van der Waals surface area contributed by atoms with E-state index in [4.69, 9.17) is 0 Å². The number of nitrogens with zero attached hydrogens (tertiary/aromatic N) is 1. The molecule has 0 atom stereocenters. The molecule has 5 heteroatoms. The molecule has 0 unspecified atom stereocenters. The molecule has 0 fully saturated rings. The van der Waals surface area contributed by atoms with E-state index in [0.29, 0.717) is 6.54 Å². The van der Waals surface area contributed by atoms with E-state index in [1.54, 1.807) is 6.34 Å². The number of imidazole rings is 1. The van der Waals surface area contributed by atoms with Crippen molar-refractivity contribution in [2.24, 2.45) is 4.99 Å². The van der Waals surface area contributed by atoms with E-state index in [1.165, 1.54) is 0 Å². The van der Waals surface area contributed by atoms with Gasteiger partial charge in [0.1, 0.15) is 5.82 Å². The highest BCUT2D eigenvalue weighted by Crippen LogP contribution is 2.09. The fraction of sp³-hybridized carbons (Fsp3) is 0.200. The lowest BCUT2D eigenvalue weighted by Gasteiger charge is -2.03. The zero-order valence-corrected chi connectivity index (χ0v) is 5.14. The molecule has 0 aromatic carbocycles. The highest BCUT2D eigenvalue weighted by Gasteiger charge is 2.06. The number of H-pyrrole nitrogens is 2. The topological polar surface area (TPSA) is 73.0 Å². The van der Waals surface area contributed by atoms with Crippen molar-refractivity contribution in [1.82, 2.24) is 9.97 Å². The third-order valence-electron chi connectivity index (χ3n) is 1.35. The Morgan fingerprint density at radius 2 is 2.40 bits per heavy atom. The van der Waals surface area contributed by atoms with Gasteiger partial charge in [0.15, 0.2) is 0 Å². The average molecular weight is 138 g/mol. The van der Waals surface area contributed by atoms with Crippen LogP contribution >= 0.6 is 0 Å². The lowest BCUT2D eigenvalue weighted by atomic mass is 10.4. The number of hydrogen-bond donors (Lipinski definition) is 3. The van der Waals surface area contributed by atoms with Gasteiger partial charge in [-0.1, -0.05) is 0 Å². The van der Waals surface area contributed by atoms with E-state index < -0.39 is 0 Å². The van der Waals surface area contributed by atoms with Crippen LogP contribution in [-0.4, -0.2) is 16.3 Å². The Morgan fingerprint density at radius 1 is 1.50 bits per heavy atom. The van der Waals surface area contributed by atoms with Crippen molar-refractivity contribution in [3.05, 3.63) is 16.2 Å². The minimum atomic E-state index is -0.192. The molecule has 0 radical (unpaired) electrons. The van der Waals surface area contributed by atoms with Crippen LogP contribution in [0.25, 0.3) is 0 Å². The second-order valence-corrected chi connectivity index (χ2v) is 2.05. The van der Waals surface area contributed by atoms with Crippen LogP contribution in [0, 0.1) is 0 Å². The smallest absolute Gasteiger partial charge is 0.324 e. The molecule has 3 N–H and O–H groups in total. The molecule has 1 aliphatic heterocycles. The van der Waals surface area contributed by atoms with Gasteiger partial charge in [-0.25, -0.2) is 4.79 Å². The lowest BCUT2D eigenvalue weighted by Crippen LogP contribution is -2.04. The van der Waals surface area contributed by atoms with E-state index in [9.17, 15) is 4.79 Å². The Kier molecular flexibility index (Phi) is 0.913. The van der Waals surface area contributed by atoms with Gasteiger partial charge in [0.2, 0.25) is 0 Å². The van der Waals surface area contributed by atoms with Crippen molar-refractivity contribution in [2.75, 3.05) is 5.32 Å². The molecule has 10 heavy (non-hydrogen) atoms. The first-order valence-corrected chi connectivity index (χ1v) is 2.92. The summed E-state index contributed by atoms with van der Waals surface area (Å²) in [6, 6.07) is 0. The fourth-order valence-electron chi connectivity index (χ4n) is 0.909. The Balaban J connectivity index is 2.56. The molecule has 2 rings (SSSR count). The van der Waals surface area contributed by atoms with Crippen molar-refractivity contribution in [2.45, 2.75) is 6.54 Å². The van der Waals surface area contributed by atoms with Crippen LogP contribution in [0.5, 0.6) is 0 Å². The molecule has 0 amide bonds. The minimum absolute atomic E-state index is 0.192. The van der Waals surface area contributed by atoms with Gasteiger partial charge < -0.3 is 10.3 Å². The van der Waals surface area contributed by atoms with Gasteiger partial charge in [0.05, 0.1) is 18.6 Å². The van der Waals surface area contributed by atoms with Crippen LogP contribution in [0.3, 0.4) is 0 Å². The standard InChI is InChI=1S/C5H6N4O/c10-5-8-3-1-6-2-7-4(3)9-5/h2H,1H2,(H,6,7)(H2,8,9,10). The zero-order valence-electron chi connectivity index (χ0n) is 5.14. The van der Waals surface area contributed by atoms with Gasteiger partial charge in [0.25, 0.3) is 0 Å². The number of fused-ring (bicyclic) bond motifs is 1. The van der Waals surface area contributed by atoms with Crippen molar-refractivity contribution in [1.29, 1.82) is 0 Å². The summed E-state index contributed by atoms with van der Waals surface area (Å²) in [4.78, 5) is 19.7. The van der Waals surface area contributed by atoms with Crippen molar-refractivity contribution in [3.8, 4) is 0 Å². The van der Waals surface area contributed by atoms with Crippen LogP contribution in [0.1, 0.15) is 5.69 Å². The van der Waals surface area contributed by atoms with E-state index in [1.807, 2.05) is 0 Å². The third kappa shape index (κ3) is 0.637.